The molecule has 1 aliphatic heterocycles. The highest BCUT2D eigenvalue weighted by molar-refractivity contribution is 14.0. The molecule has 1 unspecified atom stereocenters. The van der Waals surface area contributed by atoms with Gasteiger partial charge in [-0.15, -0.1) is 24.0 Å². The molecule has 1 aromatic carbocycles. The Morgan fingerprint density at radius 2 is 1.81 bits per heavy atom. The van der Waals surface area contributed by atoms with Gasteiger partial charge in [0.2, 0.25) is 0 Å². The second kappa shape index (κ2) is 11.9. The Kier molecular flexibility index (Phi) is 9.55. The summed E-state index contributed by atoms with van der Waals surface area (Å²) in [7, 11) is 1.82. The lowest BCUT2D eigenvalue weighted by Crippen LogP contribution is -2.43. The van der Waals surface area contributed by atoms with E-state index in [0.717, 1.165) is 31.2 Å². The normalized spacial score (nSPS) is 15.8. The van der Waals surface area contributed by atoms with E-state index in [1.165, 1.54) is 31.5 Å². The van der Waals surface area contributed by atoms with E-state index in [1.54, 1.807) is 0 Å². The molecule has 2 heterocycles. The molecule has 1 atom stereocenters. The molecule has 1 aromatic heterocycles. The number of hydrogen-bond donors (Lipinski definition) is 2. The highest BCUT2D eigenvalue weighted by atomic mass is 127. The maximum atomic E-state index is 4.37. The molecule has 2 aromatic rings. The molecule has 1 aliphatic rings. The number of likely N-dealkylation sites (tertiary alicyclic amines) is 1. The van der Waals surface area contributed by atoms with E-state index in [0.29, 0.717) is 6.04 Å². The SMILES string of the molecule is CN=C(NCCc1ccccn1)NCC(c1ccccc1)N1CCCC1.I. The molecule has 0 spiro atoms. The highest BCUT2D eigenvalue weighted by Gasteiger charge is 2.23. The molecular formula is C21H30IN5. The zero-order chi connectivity index (χ0) is 18.0. The number of aromatic nitrogens is 1. The molecule has 2 N–H and O–H groups in total. The zero-order valence-electron chi connectivity index (χ0n) is 16.0. The first-order valence-corrected chi connectivity index (χ1v) is 9.50. The Labute approximate surface area is 179 Å². The van der Waals surface area contributed by atoms with Crippen molar-refractivity contribution in [3.05, 3.63) is 66.0 Å². The van der Waals surface area contributed by atoms with Crippen LogP contribution in [0.2, 0.25) is 0 Å². The lowest BCUT2D eigenvalue weighted by Gasteiger charge is -2.29. The minimum Gasteiger partial charge on any atom is -0.356 e. The third-order valence-corrected chi connectivity index (χ3v) is 4.85. The van der Waals surface area contributed by atoms with Crippen LogP contribution in [-0.2, 0) is 6.42 Å². The molecule has 5 nitrogen and oxygen atoms in total. The first-order valence-electron chi connectivity index (χ1n) is 9.50. The second-order valence-electron chi connectivity index (χ2n) is 6.62. The van der Waals surface area contributed by atoms with E-state index in [4.69, 9.17) is 0 Å². The van der Waals surface area contributed by atoms with Crippen LogP contribution in [0.15, 0.2) is 59.7 Å². The predicted molar refractivity (Wildman–Crippen MR) is 123 cm³/mol. The third-order valence-electron chi connectivity index (χ3n) is 4.85. The maximum Gasteiger partial charge on any atom is 0.191 e. The van der Waals surface area contributed by atoms with Crippen LogP contribution in [-0.4, -0.2) is 49.1 Å². The van der Waals surface area contributed by atoms with Crippen LogP contribution in [0.4, 0.5) is 0 Å². The number of benzene rings is 1. The lowest BCUT2D eigenvalue weighted by molar-refractivity contribution is 0.245. The van der Waals surface area contributed by atoms with Gasteiger partial charge in [0.15, 0.2) is 5.96 Å². The number of aliphatic imine (C=N–C) groups is 1. The van der Waals surface area contributed by atoms with Crippen molar-refractivity contribution in [1.29, 1.82) is 0 Å². The van der Waals surface area contributed by atoms with Crippen LogP contribution < -0.4 is 10.6 Å². The van der Waals surface area contributed by atoms with E-state index < -0.39 is 0 Å². The van der Waals surface area contributed by atoms with E-state index in [9.17, 15) is 0 Å². The van der Waals surface area contributed by atoms with Gasteiger partial charge in [0.05, 0.1) is 6.04 Å². The fraction of sp³-hybridized carbons (Fsp3) is 0.429. The van der Waals surface area contributed by atoms with Crippen molar-refractivity contribution in [2.75, 3.05) is 33.2 Å². The van der Waals surface area contributed by atoms with Crippen LogP contribution in [0, 0.1) is 0 Å². The van der Waals surface area contributed by atoms with E-state index in [1.807, 2.05) is 25.4 Å². The van der Waals surface area contributed by atoms with Gasteiger partial charge in [-0.05, 0) is 43.6 Å². The number of rotatable bonds is 7. The minimum absolute atomic E-state index is 0. The van der Waals surface area contributed by atoms with Crippen molar-refractivity contribution in [3.8, 4) is 0 Å². The largest absolute Gasteiger partial charge is 0.356 e. The molecular weight excluding hydrogens is 449 g/mol. The number of guanidine groups is 1. The summed E-state index contributed by atoms with van der Waals surface area (Å²) < 4.78 is 0. The monoisotopic (exact) mass is 479 g/mol. The number of nitrogens with one attached hydrogen (secondary N) is 2. The van der Waals surface area contributed by atoms with Gasteiger partial charge >= 0.3 is 0 Å². The maximum absolute atomic E-state index is 4.37. The summed E-state index contributed by atoms with van der Waals surface area (Å²) in [4.78, 5) is 11.3. The molecule has 27 heavy (non-hydrogen) atoms. The Bertz CT molecular complexity index is 671. The van der Waals surface area contributed by atoms with E-state index in [-0.39, 0.29) is 24.0 Å². The average Bonchev–Trinajstić information content (AvgIpc) is 3.23. The Balaban J connectivity index is 0.00000261. The molecule has 6 heteroatoms. The molecule has 0 radical (unpaired) electrons. The van der Waals surface area contributed by atoms with Crippen LogP contribution in [0.1, 0.15) is 30.1 Å². The molecule has 1 fully saturated rings. The summed E-state index contributed by atoms with van der Waals surface area (Å²) in [5.41, 5.74) is 2.46. The van der Waals surface area contributed by atoms with Gasteiger partial charge in [0, 0.05) is 38.4 Å². The summed E-state index contributed by atoms with van der Waals surface area (Å²) in [6.45, 7) is 4.02. The van der Waals surface area contributed by atoms with Crippen molar-refractivity contribution in [3.63, 3.8) is 0 Å². The van der Waals surface area contributed by atoms with Crippen LogP contribution in [0.25, 0.3) is 0 Å². The Morgan fingerprint density at radius 1 is 1.07 bits per heavy atom. The van der Waals surface area contributed by atoms with Crippen molar-refractivity contribution in [2.24, 2.45) is 4.99 Å². The zero-order valence-corrected chi connectivity index (χ0v) is 18.3. The molecule has 146 valence electrons. The quantitative estimate of drug-likeness (QED) is 0.364. The average molecular weight is 479 g/mol. The second-order valence-corrected chi connectivity index (χ2v) is 6.62. The van der Waals surface area contributed by atoms with Crippen molar-refractivity contribution in [1.82, 2.24) is 20.5 Å². The number of pyridine rings is 1. The van der Waals surface area contributed by atoms with Gasteiger partial charge in [-0.2, -0.15) is 0 Å². The summed E-state index contributed by atoms with van der Waals surface area (Å²) in [6, 6.07) is 17.2. The fourth-order valence-corrected chi connectivity index (χ4v) is 3.46. The predicted octanol–water partition coefficient (Wildman–Crippen LogP) is 3.24. The van der Waals surface area contributed by atoms with Crippen LogP contribution in [0.3, 0.4) is 0 Å². The van der Waals surface area contributed by atoms with Crippen molar-refractivity contribution in [2.45, 2.75) is 25.3 Å². The van der Waals surface area contributed by atoms with Gasteiger partial charge in [-0.1, -0.05) is 36.4 Å². The number of hydrogen-bond acceptors (Lipinski definition) is 3. The van der Waals surface area contributed by atoms with E-state index >= 15 is 0 Å². The number of halogens is 1. The van der Waals surface area contributed by atoms with Crippen LogP contribution >= 0.6 is 24.0 Å². The van der Waals surface area contributed by atoms with Gasteiger partial charge < -0.3 is 10.6 Å². The highest BCUT2D eigenvalue weighted by Crippen LogP contribution is 2.24. The summed E-state index contributed by atoms with van der Waals surface area (Å²) in [6.07, 6.45) is 5.31. The molecule has 0 saturated carbocycles. The van der Waals surface area contributed by atoms with Crippen molar-refractivity contribution < 1.29 is 0 Å². The van der Waals surface area contributed by atoms with Gasteiger partial charge in [0.25, 0.3) is 0 Å². The first-order chi connectivity index (χ1) is 12.9. The summed E-state index contributed by atoms with van der Waals surface area (Å²) in [5.74, 6) is 0.848. The molecule has 0 aliphatic carbocycles. The first kappa shape index (κ1) is 21.6. The third kappa shape index (κ3) is 6.77. The van der Waals surface area contributed by atoms with E-state index in [2.05, 4.69) is 61.9 Å². The smallest absolute Gasteiger partial charge is 0.191 e. The number of nitrogens with zero attached hydrogens (tertiary/aromatic N) is 3. The minimum atomic E-state index is 0. The van der Waals surface area contributed by atoms with Gasteiger partial charge in [0.1, 0.15) is 0 Å². The molecule has 0 amide bonds. The van der Waals surface area contributed by atoms with Crippen molar-refractivity contribution >= 4 is 29.9 Å². The van der Waals surface area contributed by atoms with Gasteiger partial charge in [-0.25, -0.2) is 0 Å². The summed E-state index contributed by atoms with van der Waals surface area (Å²) in [5, 5.41) is 6.90. The standard InChI is InChI=1S/C21H29N5.HI/c1-22-21(24-14-12-19-11-5-6-13-23-19)25-17-20(26-15-7-8-16-26)18-9-3-2-4-10-18;/h2-6,9-11,13,20H,7-8,12,14-17H2,1H3,(H2,22,24,25);1H. The topological polar surface area (TPSA) is 52.6 Å². The molecule has 1 saturated heterocycles. The Hall–Kier alpha value is -1.67. The molecule has 3 rings (SSSR count). The summed E-state index contributed by atoms with van der Waals surface area (Å²) >= 11 is 0. The molecule has 0 bridgehead atoms. The Morgan fingerprint density at radius 3 is 2.48 bits per heavy atom. The lowest BCUT2D eigenvalue weighted by atomic mass is 10.1. The van der Waals surface area contributed by atoms with Gasteiger partial charge in [-0.3, -0.25) is 14.9 Å². The van der Waals surface area contributed by atoms with Crippen LogP contribution in [0.5, 0.6) is 0 Å². The fourth-order valence-electron chi connectivity index (χ4n) is 3.46.